The Bertz CT molecular complexity index is 1040. The average Bonchev–Trinajstić information content (AvgIpc) is 2.90. The van der Waals surface area contributed by atoms with E-state index in [1.54, 1.807) is 13.1 Å². The molecule has 9 heteroatoms. The van der Waals surface area contributed by atoms with Crippen molar-refractivity contribution in [1.29, 1.82) is 0 Å². The molecule has 0 N–H and O–H groups in total. The molecule has 2 aromatic rings. The van der Waals surface area contributed by atoms with Crippen LogP contribution in [0.4, 0.5) is 13.2 Å². The zero-order valence-electron chi connectivity index (χ0n) is 18.1. The van der Waals surface area contributed by atoms with Crippen LogP contribution in [0.2, 0.25) is 0 Å². The molecule has 0 spiro atoms. The first kappa shape index (κ1) is 23.4. The summed E-state index contributed by atoms with van der Waals surface area (Å²) in [7, 11) is 0. The van der Waals surface area contributed by atoms with Gasteiger partial charge in [0, 0.05) is 18.3 Å². The van der Waals surface area contributed by atoms with Crippen LogP contribution in [0.5, 0.6) is 5.75 Å². The molecule has 0 amide bonds. The van der Waals surface area contributed by atoms with Gasteiger partial charge in [-0.2, -0.15) is 0 Å². The normalized spacial score (nSPS) is 14.6. The van der Waals surface area contributed by atoms with Gasteiger partial charge in [0.2, 0.25) is 0 Å². The van der Waals surface area contributed by atoms with Crippen molar-refractivity contribution in [2.24, 2.45) is 4.99 Å². The first-order valence-corrected chi connectivity index (χ1v) is 10.4. The van der Waals surface area contributed by atoms with E-state index in [0.717, 1.165) is 29.6 Å². The Morgan fingerprint density at radius 2 is 1.88 bits per heavy atom. The summed E-state index contributed by atoms with van der Waals surface area (Å²) in [5.41, 5.74) is 4.12. The third kappa shape index (κ3) is 5.52. The van der Waals surface area contributed by atoms with Gasteiger partial charge in [0.25, 0.3) is 0 Å². The van der Waals surface area contributed by atoms with Gasteiger partial charge in [-0.3, -0.25) is 4.99 Å². The lowest BCUT2D eigenvalue weighted by molar-refractivity contribution is -0.274. The van der Waals surface area contributed by atoms with Crippen LogP contribution in [0, 0.1) is 0 Å². The average molecular weight is 447 g/mol. The number of ether oxygens (including phenoxy) is 2. The van der Waals surface area contributed by atoms with Crippen LogP contribution in [0.25, 0.3) is 17.0 Å². The molecule has 0 radical (unpaired) electrons. The molecule has 0 saturated heterocycles. The quantitative estimate of drug-likeness (QED) is 0.451. The van der Waals surface area contributed by atoms with Gasteiger partial charge in [-0.15, -0.1) is 13.2 Å². The van der Waals surface area contributed by atoms with Crippen molar-refractivity contribution in [3.05, 3.63) is 47.3 Å². The molecule has 0 aliphatic heterocycles. The summed E-state index contributed by atoms with van der Waals surface area (Å²) < 4.78 is 46.3. The predicted molar refractivity (Wildman–Crippen MR) is 114 cm³/mol. The Morgan fingerprint density at radius 3 is 2.50 bits per heavy atom. The first-order valence-electron chi connectivity index (χ1n) is 10.4. The van der Waals surface area contributed by atoms with E-state index in [2.05, 4.69) is 19.7 Å². The maximum atomic E-state index is 12.5. The second-order valence-electron chi connectivity index (χ2n) is 7.14. The van der Waals surface area contributed by atoms with Gasteiger partial charge in [-0.25, -0.2) is 14.8 Å². The molecule has 32 heavy (non-hydrogen) atoms. The van der Waals surface area contributed by atoms with Gasteiger partial charge in [0.1, 0.15) is 11.5 Å². The summed E-state index contributed by atoms with van der Waals surface area (Å²) in [6, 6.07) is 5.39. The highest BCUT2D eigenvalue weighted by molar-refractivity contribution is 6.44. The number of benzene rings is 1. The number of esters is 1. The highest BCUT2D eigenvalue weighted by Gasteiger charge is 2.31. The van der Waals surface area contributed by atoms with E-state index in [9.17, 15) is 18.0 Å². The Kier molecular flexibility index (Phi) is 7.27. The molecule has 0 fully saturated rings. The summed E-state index contributed by atoms with van der Waals surface area (Å²) in [5.74, 6) is -0.404. The van der Waals surface area contributed by atoms with Crippen LogP contribution in [0.15, 0.2) is 41.0 Å². The van der Waals surface area contributed by atoms with E-state index in [4.69, 9.17) is 4.74 Å². The number of hydrogen-bond acceptors (Lipinski definition) is 6. The zero-order valence-corrected chi connectivity index (χ0v) is 18.1. The second-order valence-corrected chi connectivity index (χ2v) is 7.14. The van der Waals surface area contributed by atoms with Gasteiger partial charge in [0.05, 0.1) is 12.3 Å². The Balaban J connectivity index is 2.01. The molecule has 1 aromatic carbocycles. The number of rotatable bonds is 6. The van der Waals surface area contributed by atoms with Crippen LogP contribution in [0.3, 0.4) is 0 Å². The van der Waals surface area contributed by atoms with E-state index >= 15 is 0 Å². The molecule has 0 unspecified atom stereocenters. The maximum absolute atomic E-state index is 12.5. The molecule has 170 valence electrons. The van der Waals surface area contributed by atoms with Crippen molar-refractivity contribution >= 4 is 17.3 Å². The molecular weight excluding hydrogens is 423 g/mol. The molecule has 0 saturated carbocycles. The van der Waals surface area contributed by atoms with Gasteiger partial charge >= 0.3 is 12.3 Å². The molecule has 0 atom stereocenters. The number of carbonyl (C=O) groups excluding carboxylic acids is 1. The van der Waals surface area contributed by atoms with Crippen molar-refractivity contribution in [2.75, 3.05) is 13.2 Å². The van der Waals surface area contributed by atoms with Crippen molar-refractivity contribution in [3.8, 4) is 17.1 Å². The number of alkyl halides is 3. The summed E-state index contributed by atoms with van der Waals surface area (Å²) in [4.78, 5) is 26.0. The summed E-state index contributed by atoms with van der Waals surface area (Å²) in [6.07, 6.45) is -0.841. The van der Waals surface area contributed by atoms with Crippen LogP contribution in [-0.2, 0) is 16.0 Å². The number of aryl methyl sites for hydroxylation is 1. The first-order chi connectivity index (χ1) is 15.2. The van der Waals surface area contributed by atoms with Crippen LogP contribution in [0.1, 0.15) is 44.9 Å². The van der Waals surface area contributed by atoms with E-state index in [0.29, 0.717) is 35.8 Å². The van der Waals surface area contributed by atoms with Crippen LogP contribution >= 0.6 is 0 Å². The fourth-order valence-electron chi connectivity index (χ4n) is 3.58. The van der Waals surface area contributed by atoms with Gasteiger partial charge in [0.15, 0.2) is 5.82 Å². The van der Waals surface area contributed by atoms with E-state index in [-0.39, 0.29) is 12.4 Å². The molecule has 0 bridgehead atoms. The highest BCUT2D eigenvalue weighted by atomic mass is 19.4. The highest BCUT2D eigenvalue weighted by Crippen LogP contribution is 2.32. The van der Waals surface area contributed by atoms with E-state index in [1.807, 2.05) is 13.8 Å². The largest absolute Gasteiger partial charge is 0.573 e. The third-order valence-corrected chi connectivity index (χ3v) is 4.96. The number of aliphatic imine (C=N–C) groups is 1. The molecule has 1 aliphatic carbocycles. The van der Waals surface area contributed by atoms with Crippen molar-refractivity contribution in [1.82, 2.24) is 9.97 Å². The molecule has 1 aliphatic rings. The monoisotopic (exact) mass is 447 g/mol. The number of nitrogens with zero attached hydrogens (tertiary/aromatic N) is 3. The Hall–Kier alpha value is -3.23. The lowest BCUT2D eigenvalue weighted by atomic mass is 9.99. The third-order valence-electron chi connectivity index (χ3n) is 4.96. The molecule has 6 nitrogen and oxygen atoms in total. The van der Waals surface area contributed by atoms with E-state index < -0.39 is 12.3 Å². The minimum absolute atomic E-state index is 0.255. The number of aromatic nitrogens is 2. The van der Waals surface area contributed by atoms with Crippen LogP contribution in [-0.4, -0.2) is 41.2 Å². The number of halogens is 3. The molecule has 1 aromatic heterocycles. The molecule has 1 heterocycles. The summed E-state index contributed by atoms with van der Waals surface area (Å²) in [5, 5.41) is 0. The number of hydrogen-bond donors (Lipinski definition) is 0. The number of fused-ring (bicyclic) bond motifs is 1. The maximum Gasteiger partial charge on any atom is 0.573 e. The van der Waals surface area contributed by atoms with Crippen molar-refractivity contribution < 1.29 is 27.4 Å². The van der Waals surface area contributed by atoms with Crippen LogP contribution < -0.4 is 4.74 Å². The Labute approximate surface area is 184 Å². The lowest BCUT2D eigenvalue weighted by Crippen LogP contribution is -2.21. The lowest BCUT2D eigenvalue weighted by Gasteiger charge is -2.13. The number of carbonyl (C=O) groups is 1. The van der Waals surface area contributed by atoms with Crippen molar-refractivity contribution in [3.63, 3.8) is 0 Å². The van der Waals surface area contributed by atoms with E-state index in [1.165, 1.54) is 24.3 Å². The molecule has 3 rings (SSSR count). The second kappa shape index (κ2) is 9.93. The van der Waals surface area contributed by atoms with Gasteiger partial charge < -0.3 is 9.47 Å². The topological polar surface area (TPSA) is 73.7 Å². The SMILES string of the molecule is CCN=C(C(=O)OCC)C1=C(C)c2nc(-c3ccc(OC(F)(F)F)cc3)ncc2CCC1. The van der Waals surface area contributed by atoms with Crippen molar-refractivity contribution in [2.45, 2.75) is 46.4 Å². The predicted octanol–water partition coefficient (Wildman–Crippen LogP) is 5.18. The Morgan fingerprint density at radius 1 is 1.16 bits per heavy atom. The summed E-state index contributed by atoms with van der Waals surface area (Å²) >= 11 is 0. The summed E-state index contributed by atoms with van der Waals surface area (Å²) in [6.45, 7) is 6.19. The fraction of sp³-hybridized carbons (Fsp3) is 0.391. The number of allylic oxidation sites excluding steroid dienone is 1. The minimum atomic E-state index is -4.75. The standard InChI is InChI=1S/C23H24F3N3O3/c1-4-27-20(22(30)31-5-2)18-8-6-7-16-13-28-21(29-19(16)14(18)3)15-9-11-17(12-10-15)32-23(24,25)26/h9-13H,4-8H2,1-3H3. The van der Waals surface area contributed by atoms with Gasteiger partial charge in [-0.05, 0) is 81.0 Å². The zero-order chi connectivity index (χ0) is 23.3. The fourth-order valence-corrected chi connectivity index (χ4v) is 3.58. The van der Waals surface area contributed by atoms with Gasteiger partial charge in [-0.1, -0.05) is 0 Å². The minimum Gasteiger partial charge on any atom is -0.461 e. The smallest absolute Gasteiger partial charge is 0.461 e. The molecular formula is C23H24F3N3O3.